The minimum Gasteiger partial charge on any atom is -0.484 e. The Kier molecular flexibility index (Phi) is 5.45. The van der Waals surface area contributed by atoms with Gasteiger partial charge in [-0.05, 0) is 41.9 Å². The van der Waals surface area contributed by atoms with Crippen LogP contribution in [-0.4, -0.2) is 40.2 Å². The molecule has 8 heteroatoms. The summed E-state index contributed by atoms with van der Waals surface area (Å²) in [5.74, 6) is -2.12. The molecule has 1 aromatic carbocycles. The van der Waals surface area contributed by atoms with Crippen molar-refractivity contribution < 1.29 is 27.8 Å². The van der Waals surface area contributed by atoms with Crippen LogP contribution in [0.4, 0.5) is 13.2 Å². The predicted molar refractivity (Wildman–Crippen MR) is 102 cm³/mol. The Labute approximate surface area is 168 Å². The zero-order valence-corrected chi connectivity index (χ0v) is 17.1. The summed E-state index contributed by atoms with van der Waals surface area (Å²) in [7, 11) is 0. The molecule has 2 aliphatic rings. The van der Waals surface area contributed by atoms with Gasteiger partial charge in [0.1, 0.15) is 5.75 Å². The fourth-order valence-corrected chi connectivity index (χ4v) is 4.00. The van der Waals surface area contributed by atoms with Gasteiger partial charge in [-0.2, -0.15) is 23.3 Å². The van der Waals surface area contributed by atoms with Crippen LogP contribution in [0.25, 0.3) is 0 Å². The minimum absolute atomic E-state index is 0.0593. The first-order valence-electron chi connectivity index (χ1n) is 9.79. The van der Waals surface area contributed by atoms with Gasteiger partial charge in [0.25, 0.3) is 11.6 Å². The molecule has 5 nitrogen and oxygen atoms in total. The molecule has 29 heavy (non-hydrogen) atoms. The SMILES string of the molecule is C[C@@H]1CCC[C@H]2C1=NN(C(=O)COc1ccc(C(C)(C)C)cc1)[C@]2(O)C(F)(F)F. The van der Waals surface area contributed by atoms with Crippen molar-refractivity contribution in [2.75, 3.05) is 6.61 Å². The fraction of sp³-hybridized carbons (Fsp3) is 0.619. The topological polar surface area (TPSA) is 62.1 Å². The first-order chi connectivity index (χ1) is 13.4. The average Bonchev–Trinajstić information content (AvgIpc) is 2.95. The third kappa shape index (κ3) is 3.86. The molecule has 1 aliphatic carbocycles. The van der Waals surface area contributed by atoms with E-state index in [0.29, 0.717) is 18.6 Å². The normalized spacial score (nSPS) is 27.4. The molecule has 1 aromatic rings. The summed E-state index contributed by atoms with van der Waals surface area (Å²) in [5.41, 5.74) is -2.09. The summed E-state index contributed by atoms with van der Waals surface area (Å²) in [5, 5.41) is 14.7. The van der Waals surface area contributed by atoms with E-state index in [1.807, 2.05) is 12.1 Å². The van der Waals surface area contributed by atoms with E-state index in [1.165, 1.54) is 0 Å². The Balaban J connectivity index is 1.78. The summed E-state index contributed by atoms with van der Waals surface area (Å²) < 4.78 is 46.8. The third-order valence-corrected chi connectivity index (χ3v) is 5.75. The van der Waals surface area contributed by atoms with Gasteiger partial charge < -0.3 is 9.84 Å². The molecule has 1 aliphatic heterocycles. The number of carbonyl (C=O) groups excluding carboxylic acids is 1. The van der Waals surface area contributed by atoms with Crippen LogP contribution in [0.5, 0.6) is 5.75 Å². The van der Waals surface area contributed by atoms with Gasteiger partial charge in [0, 0.05) is 5.71 Å². The number of rotatable bonds is 3. The monoisotopic (exact) mass is 412 g/mol. The molecule has 3 rings (SSSR count). The average molecular weight is 412 g/mol. The Morgan fingerprint density at radius 2 is 1.86 bits per heavy atom. The molecule has 3 atom stereocenters. The number of alkyl halides is 3. The van der Waals surface area contributed by atoms with Gasteiger partial charge in [0.15, 0.2) is 6.61 Å². The third-order valence-electron chi connectivity index (χ3n) is 5.75. The number of aliphatic hydroxyl groups is 1. The van der Waals surface area contributed by atoms with E-state index in [2.05, 4.69) is 25.9 Å². The van der Waals surface area contributed by atoms with Gasteiger partial charge in [-0.15, -0.1) is 0 Å². The maximum Gasteiger partial charge on any atom is 0.439 e. The second-order valence-corrected chi connectivity index (χ2v) is 8.90. The van der Waals surface area contributed by atoms with Crippen molar-refractivity contribution in [1.82, 2.24) is 5.01 Å². The Bertz CT molecular complexity index is 799. The molecule has 1 heterocycles. The van der Waals surface area contributed by atoms with Gasteiger partial charge in [-0.3, -0.25) is 4.79 Å². The lowest BCUT2D eigenvalue weighted by Crippen LogP contribution is -2.62. The number of ether oxygens (including phenoxy) is 1. The summed E-state index contributed by atoms with van der Waals surface area (Å²) in [4.78, 5) is 12.6. The summed E-state index contributed by atoms with van der Waals surface area (Å²) in [6.45, 7) is 7.28. The largest absolute Gasteiger partial charge is 0.484 e. The van der Waals surface area contributed by atoms with Gasteiger partial charge in [0.05, 0.1) is 5.92 Å². The summed E-state index contributed by atoms with van der Waals surface area (Å²) >= 11 is 0. The van der Waals surface area contributed by atoms with E-state index in [4.69, 9.17) is 4.74 Å². The molecule has 1 N–H and O–H groups in total. The highest BCUT2D eigenvalue weighted by Crippen LogP contribution is 2.49. The zero-order valence-electron chi connectivity index (χ0n) is 17.1. The first kappa shape index (κ1) is 21.6. The summed E-state index contributed by atoms with van der Waals surface area (Å²) in [6.07, 6.45) is -3.66. The molecule has 0 spiro atoms. The van der Waals surface area contributed by atoms with E-state index in [-0.39, 0.29) is 28.5 Å². The van der Waals surface area contributed by atoms with E-state index < -0.39 is 30.3 Å². The number of hydrogen-bond donors (Lipinski definition) is 1. The van der Waals surface area contributed by atoms with Crippen LogP contribution in [0.2, 0.25) is 0 Å². The van der Waals surface area contributed by atoms with Gasteiger partial charge in [-0.25, -0.2) is 0 Å². The number of halogens is 3. The van der Waals surface area contributed by atoms with Crippen LogP contribution >= 0.6 is 0 Å². The number of carbonyl (C=O) groups is 1. The molecule has 0 saturated heterocycles. The lowest BCUT2D eigenvalue weighted by molar-refractivity contribution is -0.317. The second kappa shape index (κ2) is 7.31. The molecular weight excluding hydrogens is 385 g/mol. The lowest BCUT2D eigenvalue weighted by atomic mass is 9.75. The van der Waals surface area contributed by atoms with Crippen molar-refractivity contribution in [3.05, 3.63) is 29.8 Å². The minimum atomic E-state index is -5.02. The van der Waals surface area contributed by atoms with Crippen molar-refractivity contribution in [2.45, 2.75) is 64.3 Å². The number of fused-ring (bicyclic) bond motifs is 1. The van der Waals surface area contributed by atoms with Gasteiger partial charge in [-0.1, -0.05) is 46.2 Å². The molecule has 1 fully saturated rings. The fourth-order valence-electron chi connectivity index (χ4n) is 4.00. The maximum atomic E-state index is 13.8. The predicted octanol–water partition coefficient (Wildman–Crippen LogP) is 4.25. The molecule has 0 radical (unpaired) electrons. The van der Waals surface area contributed by atoms with Crippen LogP contribution in [0, 0.1) is 11.8 Å². The number of hydrogen-bond acceptors (Lipinski definition) is 4. The quantitative estimate of drug-likeness (QED) is 0.808. The highest BCUT2D eigenvalue weighted by molar-refractivity contribution is 5.95. The first-order valence-corrected chi connectivity index (χ1v) is 9.79. The van der Waals surface area contributed by atoms with Crippen LogP contribution in [-0.2, 0) is 10.2 Å². The molecule has 1 amide bonds. The molecule has 0 unspecified atom stereocenters. The Morgan fingerprint density at radius 3 is 2.41 bits per heavy atom. The van der Waals surface area contributed by atoms with Crippen molar-refractivity contribution in [3.63, 3.8) is 0 Å². The Hall–Kier alpha value is -2.09. The lowest BCUT2D eigenvalue weighted by Gasteiger charge is -2.38. The smallest absolute Gasteiger partial charge is 0.439 e. The standard InChI is InChI=1S/C21H27F3N2O3/c1-13-6-5-7-16-18(13)25-26(20(16,28)21(22,23)24)17(27)12-29-15-10-8-14(9-11-15)19(2,3)4/h8-11,13,16,28H,5-7,12H2,1-4H3/t13-,16+,20-/m1/s1. The van der Waals surface area contributed by atoms with Crippen molar-refractivity contribution >= 4 is 11.6 Å². The molecule has 0 bridgehead atoms. The van der Waals surface area contributed by atoms with E-state index >= 15 is 0 Å². The van der Waals surface area contributed by atoms with Crippen LogP contribution in [0.15, 0.2) is 29.4 Å². The number of hydrazone groups is 1. The maximum absolute atomic E-state index is 13.8. The summed E-state index contributed by atoms with van der Waals surface area (Å²) in [6, 6.07) is 7.03. The van der Waals surface area contributed by atoms with E-state index in [0.717, 1.165) is 5.56 Å². The second-order valence-electron chi connectivity index (χ2n) is 8.90. The highest BCUT2D eigenvalue weighted by Gasteiger charge is 2.69. The van der Waals surface area contributed by atoms with Crippen LogP contribution < -0.4 is 4.74 Å². The number of amides is 1. The van der Waals surface area contributed by atoms with Gasteiger partial charge >= 0.3 is 6.18 Å². The van der Waals surface area contributed by atoms with Gasteiger partial charge in [0.2, 0.25) is 0 Å². The molecular formula is C21H27F3N2O3. The molecule has 0 aromatic heterocycles. The van der Waals surface area contributed by atoms with E-state index in [1.54, 1.807) is 19.1 Å². The zero-order chi connectivity index (χ0) is 21.6. The Morgan fingerprint density at radius 1 is 1.24 bits per heavy atom. The van der Waals surface area contributed by atoms with Crippen LogP contribution in [0.3, 0.4) is 0 Å². The highest BCUT2D eigenvalue weighted by atomic mass is 19.4. The molecule has 160 valence electrons. The van der Waals surface area contributed by atoms with Crippen molar-refractivity contribution in [3.8, 4) is 5.75 Å². The number of benzene rings is 1. The van der Waals surface area contributed by atoms with Crippen molar-refractivity contribution in [1.29, 1.82) is 0 Å². The number of nitrogens with zero attached hydrogens (tertiary/aromatic N) is 2. The van der Waals surface area contributed by atoms with Crippen molar-refractivity contribution in [2.24, 2.45) is 16.9 Å². The van der Waals surface area contributed by atoms with Crippen LogP contribution in [0.1, 0.15) is 52.5 Å². The molecule has 1 saturated carbocycles. The van der Waals surface area contributed by atoms with E-state index in [9.17, 15) is 23.1 Å².